The number of amides is 1. The van der Waals surface area contributed by atoms with E-state index in [1.807, 2.05) is 0 Å². The second-order valence-electron chi connectivity index (χ2n) is 9.59. The minimum Gasteiger partial charge on any atom is -0.480 e. The summed E-state index contributed by atoms with van der Waals surface area (Å²) < 4.78 is 69.4. The van der Waals surface area contributed by atoms with E-state index in [1.54, 1.807) is 0 Å². The number of Topliss-reactive ketones (excluding diaryl/α,β-unsaturated/α-hetero) is 1. The molecule has 0 radical (unpaired) electrons. The van der Waals surface area contributed by atoms with Gasteiger partial charge in [-0.05, 0) is 31.5 Å². The molecule has 15 heteroatoms. The summed E-state index contributed by atoms with van der Waals surface area (Å²) >= 11 is 12.1. The average molecular weight is 646 g/mol. The van der Waals surface area contributed by atoms with Crippen LogP contribution in [0, 0.1) is 34.5 Å². The number of ketones is 1. The fraction of sp³-hybridized carbons (Fsp3) is 0.222. The van der Waals surface area contributed by atoms with E-state index in [9.17, 15) is 41.4 Å². The van der Waals surface area contributed by atoms with Gasteiger partial charge in [0.15, 0.2) is 35.1 Å². The molecule has 3 aromatic rings. The highest BCUT2D eigenvalue weighted by molar-refractivity contribution is 8.01. The van der Waals surface area contributed by atoms with E-state index in [0.29, 0.717) is 11.3 Å². The van der Waals surface area contributed by atoms with Crippen molar-refractivity contribution < 1.29 is 41.4 Å². The number of benzene rings is 2. The fourth-order valence-electron chi connectivity index (χ4n) is 4.10. The van der Waals surface area contributed by atoms with E-state index in [1.165, 1.54) is 50.5 Å². The Labute approximate surface area is 249 Å². The maximum absolute atomic E-state index is 14.3. The predicted octanol–water partition coefficient (Wildman–Crippen LogP) is 6.54. The molecule has 1 unspecified atom stereocenters. The number of pyridine rings is 1. The number of halogens is 7. The molecule has 2 atom stereocenters. The molecule has 1 aliphatic carbocycles. The number of carbonyl (C=O) groups is 3. The van der Waals surface area contributed by atoms with E-state index in [2.05, 4.69) is 15.3 Å². The molecule has 1 heterocycles. The summed E-state index contributed by atoms with van der Waals surface area (Å²) in [6.45, 7) is 2.81. The van der Waals surface area contributed by atoms with Crippen molar-refractivity contribution in [2.75, 3.05) is 5.32 Å². The van der Waals surface area contributed by atoms with Gasteiger partial charge >= 0.3 is 5.97 Å². The summed E-state index contributed by atoms with van der Waals surface area (Å²) in [4.78, 5) is 44.0. The van der Waals surface area contributed by atoms with Crippen LogP contribution in [-0.2, 0) is 16.0 Å². The Morgan fingerprint density at radius 2 is 1.52 bits per heavy atom. The molecule has 1 aliphatic rings. The second kappa shape index (κ2) is 12.0. The van der Waals surface area contributed by atoms with E-state index < -0.39 is 68.3 Å². The molecule has 0 bridgehead atoms. The lowest BCUT2D eigenvalue weighted by atomic mass is 9.68. The number of anilines is 1. The lowest BCUT2D eigenvalue weighted by Crippen LogP contribution is -2.58. The minimum atomic E-state index is -2.34. The maximum atomic E-state index is 14.3. The Kier molecular flexibility index (Phi) is 8.95. The number of nitrogens with one attached hydrogen (secondary N) is 1. The average Bonchev–Trinajstić information content (AvgIpc) is 2.94. The monoisotopic (exact) mass is 645 g/mol. The number of aliphatic carboxylic acids is 1. The van der Waals surface area contributed by atoms with Gasteiger partial charge in [0.05, 0.1) is 25.9 Å². The third-order valence-electron chi connectivity index (χ3n) is 6.45. The quantitative estimate of drug-likeness (QED) is 0.164. The van der Waals surface area contributed by atoms with Crippen LogP contribution in [0.15, 0.2) is 46.5 Å². The SMILES string of the molecule is CC1(C)C(=O)C(Sc2c(F)c(F)c(F)c(F)c2F)C1=N[C@@H](Cc1ccc(NC(=O)c2c(Cl)cncc2Cl)cc1)C(=O)O. The van der Waals surface area contributed by atoms with Gasteiger partial charge in [-0.2, -0.15) is 0 Å². The van der Waals surface area contributed by atoms with Gasteiger partial charge in [-0.15, -0.1) is 11.8 Å². The topological polar surface area (TPSA) is 109 Å². The van der Waals surface area contributed by atoms with Crippen LogP contribution in [0.1, 0.15) is 29.8 Å². The molecule has 4 rings (SSSR count). The largest absolute Gasteiger partial charge is 0.480 e. The Hall–Kier alpha value is -3.55. The molecule has 220 valence electrons. The molecule has 0 saturated heterocycles. The van der Waals surface area contributed by atoms with E-state index >= 15 is 0 Å². The van der Waals surface area contributed by atoms with Crippen LogP contribution in [0.25, 0.3) is 0 Å². The van der Waals surface area contributed by atoms with Crippen molar-refractivity contribution in [2.45, 2.75) is 36.5 Å². The lowest BCUT2D eigenvalue weighted by Gasteiger charge is -2.42. The Bertz CT molecular complexity index is 1600. The van der Waals surface area contributed by atoms with Crippen LogP contribution in [0.4, 0.5) is 27.6 Å². The molecule has 2 N–H and O–H groups in total. The van der Waals surface area contributed by atoms with Gasteiger partial charge in [-0.3, -0.25) is 19.6 Å². The fourth-order valence-corrected chi connectivity index (χ4v) is 6.12. The molecule has 2 aromatic carbocycles. The third-order valence-corrected chi connectivity index (χ3v) is 8.29. The second-order valence-corrected chi connectivity index (χ2v) is 11.5. The van der Waals surface area contributed by atoms with Gasteiger partial charge in [0.2, 0.25) is 5.82 Å². The van der Waals surface area contributed by atoms with Gasteiger partial charge < -0.3 is 10.4 Å². The number of aliphatic imine (C=N–C) groups is 1. The van der Waals surface area contributed by atoms with Crippen molar-refractivity contribution in [3.63, 3.8) is 0 Å². The third kappa shape index (κ3) is 5.86. The number of carbonyl (C=O) groups excluding carboxylic acids is 2. The molecule has 1 saturated carbocycles. The first-order valence-corrected chi connectivity index (χ1v) is 13.5. The summed E-state index contributed by atoms with van der Waals surface area (Å²) in [7, 11) is 0. The molecule has 0 spiro atoms. The zero-order valence-electron chi connectivity index (χ0n) is 21.4. The van der Waals surface area contributed by atoms with Crippen molar-refractivity contribution in [3.8, 4) is 0 Å². The smallest absolute Gasteiger partial charge is 0.328 e. The Balaban J connectivity index is 1.55. The van der Waals surface area contributed by atoms with Crippen LogP contribution < -0.4 is 5.32 Å². The first-order chi connectivity index (χ1) is 19.6. The zero-order chi connectivity index (χ0) is 31.1. The van der Waals surface area contributed by atoms with Crippen molar-refractivity contribution in [1.29, 1.82) is 0 Å². The number of thioether (sulfide) groups is 1. The highest BCUT2D eigenvalue weighted by Gasteiger charge is 2.54. The number of carboxylic acid groups (broad SMARTS) is 1. The van der Waals surface area contributed by atoms with Gasteiger partial charge in [0.1, 0.15) is 5.25 Å². The van der Waals surface area contributed by atoms with Crippen LogP contribution in [0.2, 0.25) is 10.0 Å². The molecular weight excluding hydrogens is 628 g/mol. The van der Waals surface area contributed by atoms with Crippen molar-refractivity contribution in [3.05, 3.63) is 86.9 Å². The lowest BCUT2D eigenvalue weighted by molar-refractivity contribution is -0.138. The first-order valence-electron chi connectivity index (χ1n) is 11.9. The van der Waals surface area contributed by atoms with E-state index in [-0.39, 0.29) is 39.5 Å². The van der Waals surface area contributed by atoms with Crippen LogP contribution in [-0.4, -0.2) is 44.8 Å². The Morgan fingerprint density at radius 1 is 1.00 bits per heavy atom. The number of rotatable bonds is 8. The number of carboxylic acids is 1. The van der Waals surface area contributed by atoms with E-state index in [4.69, 9.17) is 23.2 Å². The summed E-state index contributed by atoms with van der Waals surface area (Å²) in [5.41, 5.74) is -0.633. The predicted molar refractivity (Wildman–Crippen MR) is 146 cm³/mol. The normalized spacial score (nSPS) is 17.6. The van der Waals surface area contributed by atoms with Gasteiger partial charge in [-0.1, -0.05) is 35.3 Å². The van der Waals surface area contributed by atoms with E-state index in [0.717, 1.165) is 0 Å². The maximum Gasteiger partial charge on any atom is 0.328 e. The number of hydrogen-bond donors (Lipinski definition) is 2. The van der Waals surface area contributed by atoms with Crippen LogP contribution in [0.3, 0.4) is 0 Å². The molecule has 42 heavy (non-hydrogen) atoms. The number of nitrogens with zero attached hydrogens (tertiary/aromatic N) is 2. The van der Waals surface area contributed by atoms with Crippen molar-refractivity contribution in [1.82, 2.24) is 4.98 Å². The number of hydrogen-bond acceptors (Lipinski definition) is 6. The van der Waals surface area contributed by atoms with Gasteiger partial charge in [0, 0.05) is 30.2 Å². The zero-order valence-corrected chi connectivity index (χ0v) is 23.8. The van der Waals surface area contributed by atoms with Gasteiger partial charge in [0.25, 0.3) is 5.91 Å². The molecule has 1 aromatic heterocycles. The van der Waals surface area contributed by atoms with Crippen LogP contribution >= 0.6 is 35.0 Å². The minimum absolute atomic E-state index is 0.00939. The highest BCUT2D eigenvalue weighted by Crippen LogP contribution is 2.45. The van der Waals surface area contributed by atoms with Crippen molar-refractivity contribution >= 4 is 64.0 Å². The Morgan fingerprint density at radius 3 is 2.05 bits per heavy atom. The van der Waals surface area contributed by atoms with Crippen molar-refractivity contribution in [2.24, 2.45) is 10.4 Å². The summed E-state index contributed by atoms with van der Waals surface area (Å²) in [5.74, 6) is -13.5. The summed E-state index contributed by atoms with van der Waals surface area (Å²) in [6.07, 6.45) is 2.31. The molecule has 1 amide bonds. The highest BCUT2D eigenvalue weighted by atomic mass is 35.5. The van der Waals surface area contributed by atoms with Crippen LogP contribution in [0.5, 0.6) is 0 Å². The summed E-state index contributed by atoms with van der Waals surface area (Å²) in [5, 5.41) is 11.0. The molecule has 7 nitrogen and oxygen atoms in total. The molecular formula is C27H18Cl2F5N3O4S. The standard InChI is InChI=1S/C27H18Cl2F5N3O4S/c1-27(2)23(22(24(27)38)42-21-19(33)17(31)16(30)18(32)20(21)34)37-14(26(40)41)7-10-3-5-11(6-4-10)36-25(39)15-12(28)8-35-9-13(15)29/h3-6,8-9,14,22H,7H2,1-2H3,(H,36,39)(H,40,41)/t14-,22?/m0/s1. The number of aromatic nitrogens is 1. The molecule has 0 aliphatic heterocycles. The van der Waals surface area contributed by atoms with Gasteiger partial charge in [-0.25, -0.2) is 26.7 Å². The molecule has 1 fully saturated rings. The summed E-state index contributed by atoms with van der Waals surface area (Å²) in [6, 6.07) is 4.53. The first kappa shape index (κ1) is 31.4.